The van der Waals surface area contributed by atoms with Gasteiger partial charge in [0, 0.05) is 5.56 Å². The SMILES string of the molecule is COc1ccccc1Oc1cc(C=O)ccc1C. The van der Waals surface area contributed by atoms with Crippen molar-refractivity contribution >= 4 is 6.29 Å². The Morgan fingerprint density at radius 2 is 1.72 bits per heavy atom. The van der Waals surface area contributed by atoms with Crippen molar-refractivity contribution in [1.29, 1.82) is 0 Å². The molecule has 0 amide bonds. The molecule has 2 aromatic rings. The van der Waals surface area contributed by atoms with Crippen LogP contribution in [0.15, 0.2) is 42.5 Å². The summed E-state index contributed by atoms with van der Waals surface area (Å²) in [6.45, 7) is 1.93. The molecule has 0 heterocycles. The first-order valence-electron chi connectivity index (χ1n) is 5.61. The third-order valence-electron chi connectivity index (χ3n) is 2.64. The standard InChI is InChI=1S/C15H14O3/c1-11-7-8-12(10-16)9-15(11)18-14-6-4-3-5-13(14)17-2/h3-10H,1-2H3. The predicted molar refractivity (Wildman–Crippen MR) is 69.6 cm³/mol. The van der Waals surface area contributed by atoms with Gasteiger partial charge in [-0.05, 0) is 30.7 Å². The van der Waals surface area contributed by atoms with E-state index < -0.39 is 0 Å². The van der Waals surface area contributed by atoms with Gasteiger partial charge in [0.15, 0.2) is 11.5 Å². The molecule has 0 radical (unpaired) electrons. The van der Waals surface area contributed by atoms with Crippen molar-refractivity contribution < 1.29 is 14.3 Å². The molecule has 0 aliphatic rings. The highest BCUT2D eigenvalue weighted by Crippen LogP contribution is 2.32. The van der Waals surface area contributed by atoms with Crippen LogP contribution in [0, 0.1) is 6.92 Å². The molecule has 3 heteroatoms. The zero-order valence-electron chi connectivity index (χ0n) is 10.3. The van der Waals surface area contributed by atoms with Crippen LogP contribution in [0.3, 0.4) is 0 Å². The van der Waals surface area contributed by atoms with Crippen molar-refractivity contribution in [2.24, 2.45) is 0 Å². The summed E-state index contributed by atoms with van der Waals surface area (Å²) in [5, 5.41) is 0. The van der Waals surface area contributed by atoms with E-state index in [0.717, 1.165) is 11.8 Å². The number of aryl methyl sites for hydroxylation is 1. The molecule has 0 spiro atoms. The van der Waals surface area contributed by atoms with E-state index in [4.69, 9.17) is 9.47 Å². The minimum Gasteiger partial charge on any atom is -0.493 e. The number of hydrogen-bond acceptors (Lipinski definition) is 3. The monoisotopic (exact) mass is 242 g/mol. The van der Waals surface area contributed by atoms with Gasteiger partial charge in [0.05, 0.1) is 7.11 Å². The van der Waals surface area contributed by atoms with E-state index in [1.54, 1.807) is 19.2 Å². The van der Waals surface area contributed by atoms with Crippen LogP contribution < -0.4 is 9.47 Å². The lowest BCUT2D eigenvalue weighted by Gasteiger charge is -2.12. The summed E-state index contributed by atoms with van der Waals surface area (Å²) in [6, 6.07) is 12.7. The Bertz CT molecular complexity index is 561. The van der Waals surface area contributed by atoms with Gasteiger partial charge < -0.3 is 9.47 Å². The van der Waals surface area contributed by atoms with E-state index >= 15 is 0 Å². The van der Waals surface area contributed by atoms with Crippen molar-refractivity contribution in [1.82, 2.24) is 0 Å². The number of benzene rings is 2. The quantitative estimate of drug-likeness (QED) is 0.768. The summed E-state index contributed by atoms with van der Waals surface area (Å²) in [6.07, 6.45) is 0.800. The average molecular weight is 242 g/mol. The fourth-order valence-electron chi connectivity index (χ4n) is 1.62. The van der Waals surface area contributed by atoms with Crippen LogP contribution in [0.2, 0.25) is 0 Å². The van der Waals surface area contributed by atoms with Crippen LogP contribution in [0.1, 0.15) is 15.9 Å². The number of methoxy groups -OCH3 is 1. The van der Waals surface area contributed by atoms with Gasteiger partial charge in [-0.3, -0.25) is 4.79 Å². The summed E-state index contributed by atoms with van der Waals surface area (Å²) in [5.74, 6) is 1.95. The highest BCUT2D eigenvalue weighted by molar-refractivity contribution is 5.76. The number of aldehydes is 1. The molecule has 2 aromatic carbocycles. The van der Waals surface area contributed by atoms with Crippen LogP contribution in [-0.4, -0.2) is 13.4 Å². The molecule has 18 heavy (non-hydrogen) atoms. The lowest BCUT2D eigenvalue weighted by Crippen LogP contribution is -1.92. The maximum absolute atomic E-state index is 10.8. The van der Waals surface area contributed by atoms with Crippen LogP contribution in [0.25, 0.3) is 0 Å². The van der Waals surface area contributed by atoms with E-state index in [1.165, 1.54) is 0 Å². The number of carbonyl (C=O) groups excluding carboxylic acids is 1. The van der Waals surface area contributed by atoms with Crippen molar-refractivity contribution in [3.63, 3.8) is 0 Å². The second kappa shape index (κ2) is 5.36. The minimum absolute atomic E-state index is 0.588. The van der Waals surface area contributed by atoms with Gasteiger partial charge in [0.25, 0.3) is 0 Å². The number of ether oxygens (including phenoxy) is 2. The Hall–Kier alpha value is -2.29. The predicted octanol–water partition coefficient (Wildman–Crippen LogP) is 3.61. The second-order valence-corrected chi connectivity index (χ2v) is 3.90. The number of para-hydroxylation sites is 2. The zero-order valence-corrected chi connectivity index (χ0v) is 10.3. The van der Waals surface area contributed by atoms with E-state index in [0.29, 0.717) is 22.8 Å². The maximum atomic E-state index is 10.8. The molecule has 0 bridgehead atoms. The first-order chi connectivity index (χ1) is 8.74. The summed E-state index contributed by atoms with van der Waals surface area (Å²) < 4.78 is 11.0. The van der Waals surface area contributed by atoms with Crippen LogP contribution in [-0.2, 0) is 0 Å². The summed E-state index contributed by atoms with van der Waals surface area (Å²) in [5.41, 5.74) is 1.55. The maximum Gasteiger partial charge on any atom is 0.169 e. The van der Waals surface area contributed by atoms with Gasteiger partial charge in [0.2, 0.25) is 0 Å². The van der Waals surface area contributed by atoms with Gasteiger partial charge in [0.1, 0.15) is 12.0 Å². The first kappa shape index (κ1) is 12.2. The van der Waals surface area contributed by atoms with Crippen molar-refractivity contribution in [2.75, 3.05) is 7.11 Å². The third kappa shape index (κ3) is 2.51. The molecule has 0 N–H and O–H groups in total. The third-order valence-corrected chi connectivity index (χ3v) is 2.64. The van der Waals surface area contributed by atoms with Gasteiger partial charge in [-0.15, -0.1) is 0 Å². The molecule has 0 saturated heterocycles. The molecule has 2 rings (SSSR count). The topological polar surface area (TPSA) is 35.5 Å². The first-order valence-corrected chi connectivity index (χ1v) is 5.61. The molecule has 0 aliphatic heterocycles. The second-order valence-electron chi connectivity index (χ2n) is 3.90. The Kier molecular flexibility index (Phi) is 3.63. The van der Waals surface area contributed by atoms with Gasteiger partial charge in [-0.25, -0.2) is 0 Å². The van der Waals surface area contributed by atoms with Crippen molar-refractivity contribution in [3.05, 3.63) is 53.6 Å². The molecule has 0 atom stereocenters. The van der Waals surface area contributed by atoms with Crippen LogP contribution in [0.5, 0.6) is 17.2 Å². The van der Waals surface area contributed by atoms with E-state index in [1.807, 2.05) is 37.3 Å². The molecular weight excluding hydrogens is 228 g/mol. The minimum atomic E-state index is 0.588. The molecule has 0 saturated carbocycles. The van der Waals surface area contributed by atoms with E-state index in [2.05, 4.69) is 0 Å². The fraction of sp³-hybridized carbons (Fsp3) is 0.133. The number of rotatable bonds is 4. The van der Waals surface area contributed by atoms with Gasteiger partial charge in [-0.1, -0.05) is 24.3 Å². The van der Waals surface area contributed by atoms with Crippen molar-refractivity contribution in [2.45, 2.75) is 6.92 Å². The molecule has 0 fully saturated rings. The largest absolute Gasteiger partial charge is 0.493 e. The lowest BCUT2D eigenvalue weighted by molar-refractivity contribution is 0.112. The van der Waals surface area contributed by atoms with E-state index in [-0.39, 0.29) is 0 Å². The highest BCUT2D eigenvalue weighted by Gasteiger charge is 2.07. The Balaban J connectivity index is 2.36. The molecule has 0 aliphatic carbocycles. The summed E-state index contributed by atoms with van der Waals surface area (Å²) >= 11 is 0. The molecule has 3 nitrogen and oxygen atoms in total. The Labute approximate surface area is 106 Å². The summed E-state index contributed by atoms with van der Waals surface area (Å²) in [7, 11) is 1.59. The highest BCUT2D eigenvalue weighted by atomic mass is 16.5. The molecule has 0 unspecified atom stereocenters. The number of hydrogen-bond donors (Lipinski definition) is 0. The zero-order chi connectivity index (χ0) is 13.0. The smallest absolute Gasteiger partial charge is 0.169 e. The molecule has 92 valence electrons. The van der Waals surface area contributed by atoms with Crippen molar-refractivity contribution in [3.8, 4) is 17.2 Å². The lowest BCUT2D eigenvalue weighted by atomic mass is 10.1. The fourth-order valence-corrected chi connectivity index (χ4v) is 1.62. The number of carbonyl (C=O) groups is 1. The average Bonchev–Trinajstić information content (AvgIpc) is 2.42. The molecule has 0 aromatic heterocycles. The van der Waals surface area contributed by atoms with Crippen LogP contribution >= 0.6 is 0 Å². The van der Waals surface area contributed by atoms with Gasteiger partial charge >= 0.3 is 0 Å². The Morgan fingerprint density at radius 1 is 1.00 bits per heavy atom. The summed E-state index contributed by atoms with van der Waals surface area (Å²) in [4.78, 5) is 10.8. The molecular formula is C15H14O3. The Morgan fingerprint density at radius 3 is 2.39 bits per heavy atom. The van der Waals surface area contributed by atoms with Gasteiger partial charge in [-0.2, -0.15) is 0 Å². The van der Waals surface area contributed by atoms with E-state index in [9.17, 15) is 4.79 Å². The normalized spacial score (nSPS) is 9.89. The van der Waals surface area contributed by atoms with Crippen LogP contribution in [0.4, 0.5) is 0 Å².